The lowest BCUT2D eigenvalue weighted by atomic mass is 10.0. The standard InChI is InChI=1S/C22H33N5O7S2/c1-36-9-8-14(23)19(30)27-17(11-35)21(32)25-15(6-7-18(24)29)20(31)26-16(22(33)34)10-12-2-4-13(28)5-3-12/h2-5,14-17,28,35H,6-11,23H2,1H3,(H2,24,29)(H,25,32)(H,26,31)(H,27,30)(H,33,34). The summed E-state index contributed by atoms with van der Waals surface area (Å²) in [5.74, 6) is -3.67. The maximum atomic E-state index is 12.9. The summed E-state index contributed by atoms with van der Waals surface area (Å²) in [5, 5.41) is 26.2. The van der Waals surface area contributed by atoms with Crippen molar-refractivity contribution in [3.63, 3.8) is 0 Å². The summed E-state index contributed by atoms with van der Waals surface area (Å²) in [4.78, 5) is 61.0. The maximum absolute atomic E-state index is 12.9. The Morgan fingerprint density at radius 1 is 0.944 bits per heavy atom. The van der Waals surface area contributed by atoms with E-state index in [1.807, 2.05) is 6.26 Å². The van der Waals surface area contributed by atoms with E-state index in [-0.39, 0.29) is 30.8 Å². The average molecular weight is 544 g/mol. The first-order valence-corrected chi connectivity index (χ1v) is 13.1. The number of benzene rings is 1. The van der Waals surface area contributed by atoms with Gasteiger partial charge in [-0.2, -0.15) is 24.4 Å². The number of carbonyl (C=O) groups excluding carboxylic acids is 4. The van der Waals surface area contributed by atoms with E-state index in [4.69, 9.17) is 11.5 Å². The number of phenols is 1. The summed E-state index contributed by atoms with van der Waals surface area (Å²) in [7, 11) is 0. The predicted molar refractivity (Wildman–Crippen MR) is 138 cm³/mol. The number of carboxylic acid groups (broad SMARTS) is 1. The molecule has 9 N–H and O–H groups in total. The second-order valence-electron chi connectivity index (χ2n) is 7.97. The van der Waals surface area contributed by atoms with Crippen molar-refractivity contribution in [3.8, 4) is 5.75 Å². The fraction of sp³-hybridized carbons (Fsp3) is 0.500. The highest BCUT2D eigenvalue weighted by Gasteiger charge is 2.30. The number of nitrogens with one attached hydrogen (secondary N) is 3. The molecular weight excluding hydrogens is 510 g/mol. The van der Waals surface area contributed by atoms with Crippen LogP contribution in [0, 0.1) is 0 Å². The van der Waals surface area contributed by atoms with E-state index < -0.39 is 53.8 Å². The van der Waals surface area contributed by atoms with Gasteiger partial charge in [-0.25, -0.2) is 4.79 Å². The van der Waals surface area contributed by atoms with Gasteiger partial charge in [0.15, 0.2) is 0 Å². The number of carboxylic acids is 1. The Morgan fingerprint density at radius 3 is 2.03 bits per heavy atom. The van der Waals surface area contributed by atoms with Gasteiger partial charge in [-0.15, -0.1) is 0 Å². The largest absolute Gasteiger partial charge is 0.508 e. The van der Waals surface area contributed by atoms with Crippen molar-refractivity contribution in [1.29, 1.82) is 0 Å². The zero-order valence-corrected chi connectivity index (χ0v) is 21.5. The minimum Gasteiger partial charge on any atom is -0.508 e. The molecule has 0 aromatic heterocycles. The topological polar surface area (TPSA) is 214 Å². The van der Waals surface area contributed by atoms with Crippen LogP contribution in [0.25, 0.3) is 0 Å². The van der Waals surface area contributed by atoms with Crippen molar-refractivity contribution in [1.82, 2.24) is 16.0 Å². The summed E-state index contributed by atoms with van der Waals surface area (Å²) in [6.07, 6.45) is 1.71. The number of carbonyl (C=O) groups is 5. The highest BCUT2D eigenvalue weighted by Crippen LogP contribution is 2.12. The van der Waals surface area contributed by atoms with Crippen LogP contribution in [0.4, 0.5) is 0 Å². The highest BCUT2D eigenvalue weighted by molar-refractivity contribution is 7.98. The smallest absolute Gasteiger partial charge is 0.326 e. The molecule has 0 bridgehead atoms. The van der Waals surface area contributed by atoms with Crippen LogP contribution in [0.3, 0.4) is 0 Å². The zero-order valence-electron chi connectivity index (χ0n) is 19.8. The lowest BCUT2D eigenvalue weighted by molar-refractivity contribution is -0.142. The molecule has 200 valence electrons. The zero-order chi connectivity index (χ0) is 27.3. The Balaban J connectivity index is 2.93. The fourth-order valence-electron chi connectivity index (χ4n) is 3.02. The van der Waals surface area contributed by atoms with Crippen LogP contribution in [0.2, 0.25) is 0 Å². The summed E-state index contributed by atoms with van der Waals surface area (Å²) in [5.41, 5.74) is 11.5. The molecule has 4 unspecified atom stereocenters. The van der Waals surface area contributed by atoms with Gasteiger partial charge in [-0.05, 0) is 42.5 Å². The van der Waals surface area contributed by atoms with Crippen molar-refractivity contribution < 1.29 is 34.2 Å². The van der Waals surface area contributed by atoms with Crippen molar-refractivity contribution in [3.05, 3.63) is 29.8 Å². The third kappa shape index (κ3) is 11.2. The Labute approximate surface area is 218 Å². The van der Waals surface area contributed by atoms with Gasteiger partial charge >= 0.3 is 5.97 Å². The Morgan fingerprint density at radius 2 is 1.50 bits per heavy atom. The Bertz CT molecular complexity index is 917. The van der Waals surface area contributed by atoms with Gasteiger partial charge in [0.05, 0.1) is 6.04 Å². The molecule has 0 spiro atoms. The predicted octanol–water partition coefficient (Wildman–Crippen LogP) is -1.25. The monoisotopic (exact) mass is 543 g/mol. The van der Waals surface area contributed by atoms with Crippen LogP contribution >= 0.6 is 24.4 Å². The second-order valence-corrected chi connectivity index (χ2v) is 9.32. The van der Waals surface area contributed by atoms with Crippen LogP contribution in [0.1, 0.15) is 24.8 Å². The SMILES string of the molecule is CSCCC(N)C(=O)NC(CS)C(=O)NC(CCC(N)=O)C(=O)NC(Cc1ccc(O)cc1)C(=O)O. The molecule has 36 heavy (non-hydrogen) atoms. The average Bonchev–Trinajstić information content (AvgIpc) is 2.83. The van der Waals surface area contributed by atoms with Crippen LogP contribution in [-0.4, -0.2) is 81.7 Å². The van der Waals surface area contributed by atoms with E-state index in [9.17, 15) is 34.2 Å². The third-order valence-corrected chi connectivity index (χ3v) is 6.10. The number of aliphatic carboxylic acids is 1. The van der Waals surface area contributed by atoms with Crippen molar-refractivity contribution in [2.24, 2.45) is 11.5 Å². The molecule has 0 aliphatic carbocycles. The van der Waals surface area contributed by atoms with Gasteiger partial charge in [0.2, 0.25) is 23.6 Å². The van der Waals surface area contributed by atoms with E-state index in [1.54, 1.807) is 0 Å². The molecule has 14 heteroatoms. The molecular formula is C22H33N5O7S2. The summed E-state index contributed by atoms with van der Waals surface area (Å²) < 4.78 is 0. The van der Waals surface area contributed by atoms with Gasteiger partial charge < -0.3 is 37.6 Å². The molecule has 0 aliphatic heterocycles. The van der Waals surface area contributed by atoms with Gasteiger partial charge in [-0.1, -0.05) is 12.1 Å². The normalized spacial score (nSPS) is 14.1. The molecule has 0 radical (unpaired) electrons. The van der Waals surface area contributed by atoms with Crippen LogP contribution < -0.4 is 27.4 Å². The fourth-order valence-corrected chi connectivity index (χ4v) is 3.76. The quantitative estimate of drug-likeness (QED) is 0.117. The Kier molecular flexibility index (Phi) is 13.7. The number of primary amides is 1. The highest BCUT2D eigenvalue weighted by atomic mass is 32.2. The first kappa shape index (κ1) is 31.1. The van der Waals surface area contributed by atoms with Crippen LogP contribution in [0.15, 0.2) is 24.3 Å². The van der Waals surface area contributed by atoms with Crippen molar-refractivity contribution in [2.45, 2.75) is 49.9 Å². The lowest BCUT2D eigenvalue weighted by Gasteiger charge is -2.24. The molecule has 1 rings (SSSR count). The number of thioether (sulfide) groups is 1. The molecule has 0 aliphatic rings. The Hall–Kier alpha value is -2.97. The number of phenolic OH excluding ortho intramolecular Hbond substituents is 1. The van der Waals surface area contributed by atoms with Crippen molar-refractivity contribution in [2.75, 3.05) is 17.8 Å². The molecule has 0 saturated heterocycles. The number of hydrogen-bond acceptors (Lipinski definition) is 9. The van der Waals surface area contributed by atoms with Crippen molar-refractivity contribution >= 4 is 54.0 Å². The minimum atomic E-state index is -1.36. The number of thiol groups is 1. The number of rotatable bonds is 16. The second kappa shape index (κ2) is 15.9. The molecule has 0 fully saturated rings. The maximum Gasteiger partial charge on any atom is 0.326 e. The molecule has 0 saturated carbocycles. The summed E-state index contributed by atoms with van der Waals surface area (Å²) >= 11 is 5.60. The number of amides is 4. The van der Waals surface area contributed by atoms with Gasteiger partial charge in [0.25, 0.3) is 0 Å². The molecule has 12 nitrogen and oxygen atoms in total. The van der Waals surface area contributed by atoms with E-state index in [0.29, 0.717) is 17.7 Å². The van der Waals surface area contributed by atoms with E-state index in [0.717, 1.165) is 0 Å². The number of hydrogen-bond donors (Lipinski definition) is 8. The van der Waals surface area contributed by atoms with Gasteiger partial charge in [0, 0.05) is 18.6 Å². The molecule has 0 heterocycles. The van der Waals surface area contributed by atoms with E-state index in [1.165, 1.54) is 36.0 Å². The molecule has 4 amide bonds. The first-order valence-electron chi connectivity index (χ1n) is 11.0. The van der Waals surface area contributed by atoms with Crippen LogP contribution in [0.5, 0.6) is 5.75 Å². The first-order chi connectivity index (χ1) is 17.0. The summed E-state index contributed by atoms with van der Waals surface area (Å²) in [6, 6.07) is 1.15. The van der Waals surface area contributed by atoms with E-state index in [2.05, 4.69) is 28.6 Å². The lowest BCUT2D eigenvalue weighted by Crippen LogP contribution is -2.58. The molecule has 1 aromatic rings. The minimum absolute atomic E-state index is 0.0000628. The number of nitrogens with two attached hydrogens (primary N) is 2. The third-order valence-electron chi connectivity index (χ3n) is 5.09. The van der Waals surface area contributed by atoms with Gasteiger partial charge in [-0.3, -0.25) is 19.2 Å². The van der Waals surface area contributed by atoms with E-state index >= 15 is 0 Å². The van der Waals surface area contributed by atoms with Gasteiger partial charge in [0.1, 0.15) is 23.9 Å². The molecule has 4 atom stereocenters. The number of aromatic hydroxyl groups is 1. The summed E-state index contributed by atoms with van der Waals surface area (Å²) in [6.45, 7) is 0. The molecule has 1 aromatic carbocycles. The van der Waals surface area contributed by atoms with Crippen LogP contribution in [-0.2, 0) is 30.4 Å².